The van der Waals surface area contributed by atoms with Gasteiger partial charge < -0.3 is 15.2 Å². The summed E-state index contributed by atoms with van der Waals surface area (Å²) in [6, 6.07) is 0. The normalized spacial score (nSPS) is 20.2. The third-order valence-corrected chi connectivity index (χ3v) is 2.92. The molecular weight excluding hydrogens is 242 g/mol. The molecule has 2 N–H and O–H groups in total. The van der Waals surface area contributed by atoms with Crippen molar-refractivity contribution < 1.29 is 9.47 Å². The summed E-state index contributed by atoms with van der Waals surface area (Å²) in [5, 5.41) is 0.149. The van der Waals surface area contributed by atoms with Gasteiger partial charge in [0.1, 0.15) is 12.3 Å². The Morgan fingerprint density at radius 2 is 2.29 bits per heavy atom. The van der Waals surface area contributed by atoms with E-state index in [-0.39, 0.29) is 11.4 Å². The van der Waals surface area contributed by atoms with Crippen LogP contribution in [0.25, 0.3) is 0 Å². The second-order valence-corrected chi connectivity index (χ2v) is 4.43. The molecule has 1 aromatic heterocycles. The van der Waals surface area contributed by atoms with Crippen molar-refractivity contribution in [3.8, 4) is 5.88 Å². The van der Waals surface area contributed by atoms with E-state index in [1.54, 1.807) is 6.92 Å². The predicted octanol–water partition coefficient (Wildman–Crippen LogP) is 1.97. The number of nitrogen functional groups attached to an aromatic ring is 1. The monoisotopic (exact) mass is 257 g/mol. The zero-order valence-corrected chi connectivity index (χ0v) is 10.5. The highest BCUT2D eigenvalue weighted by molar-refractivity contribution is 6.28. The van der Waals surface area contributed by atoms with Crippen LogP contribution in [0.3, 0.4) is 0 Å². The summed E-state index contributed by atoms with van der Waals surface area (Å²) >= 11 is 5.75. The summed E-state index contributed by atoms with van der Waals surface area (Å²) in [6.45, 7) is 3.02. The van der Waals surface area contributed by atoms with Gasteiger partial charge in [-0.3, -0.25) is 0 Å². The van der Waals surface area contributed by atoms with E-state index in [1.807, 2.05) is 0 Å². The van der Waals surface area contributed by atoms with Crippen LogP contribution in [0.4, 0.5) is 5.69 Å². The first-order valence-electron chi connectivity index (χ1n) is 5.71. The number of aryl methyl sites for hydroxylation is 1. The van der Waals surface area contributed by atoms with Gasteiger partial charge >= 0.3 is 0 Å². The molecule has 1 atom stereocenters. The average Bonchev–Trinajstić information content (AvgIpc) is 2.33. The van der Waals surface area contributed by atoms with Crippen LogP contribution in [0, 0.1) is 6.92 Å². The summed E-state index contributed by atoms with van der Waals surface area (Å²) in [5.74, 6) is 0.344. The maximum atomic E-state index is 5.82. The molecule has 6 heteroatoms. The number of nitrogens with zero attached hydrogens (tertiary/aromatic N) is 2. The van der Waals surface area contributed by atoms with Crippen molar-refractivity contribution in [3.63, 3.8) is 0 Å². The molecule has 1 aliphatic rings. The average molecular weight is 258 g/mol. The van der Waals surface area contributed by atoms with Crippen molar-refractivity contribution in [3.05, 3.63) is 11.0 Å². The number of hydrogen-bond donors (Lipinski definition) is 1. The summed E-state index contributed by atoms with van der Waals surface area (Å²) in [4.78, 5) is 7.92. The van der Waals surface area contributed by atoms with Crippen LogP contribution < -0.4 is 10.5 Å². The highest BCUT2D eigenvalue weighted by Crippen LogP contribution is 2.23. The Morgan fingerprint density at radius 3 is 3.00 bits per heavy atom. The SMILES string of the molecule is Cc1nc(Cl)nc(OCC2CCCCO2)c1N. The van der Waals surface area contributed by atoms with Crippen LogP contribution in [0.1, 0.15) is 25.0 Å². The summed E-state index contributed by atoms with van der Waals surface area (Å²) in [7, 11) is 0. The molecule has 1 fully saturated rings. The third kappa shape index (κ3) is 3.20. The zero-order chi connectivity index (χ0) is 12.3. The molecule has 1 aliphatic heterocycles. The topological polar surface area (TPSA) is 70.3 Å². The Bertz CT molecular complexity index is 395. The predicted molar refractivity (Wildman–Crippen MR) is 65.3 cm³/mol. The van der Waals surface area contributed by atoms with Gasteiger partial charge in [-0.25, -0.2) is 4.98 Å². The maximum Gasteiger partial charge on any atom is 0.242 e. The quantitative estimate of drug-likeness (QED) is 0.839. The fraction of sp³-hybridized carbons (Fsp3) is 0.636. The lowest BCUT2D eigenvalue weighted by Gasteiger charge is -2.22. The largest absolute Gasteiger partial charge is 0.473 e. The molecule has 1 saturated heterocycles. The van der Waals surface area contributed by atoms with Crippen LogP contribution in [0.15, 0.2) is 0 Å². The first-order valence-corrected chi connectivity index (χ1v) is 6.08. The van der Waals surface area contributed by atoms with E-state index in [1.165, 1.54) is 6.42 Å². The smallest absolute Gasteiger partial charge is 0.242 e. The van der Waals surface area contributed by atoms with Gasteiger partial charge in [-0.1, -0.05) is 0 Å². The van der Waals surface area contributed by atoms with E-state index in [4.69, 9.17) is 26.8 Å². The first-order chi connectivity index (χ1) is 8.16. The summed E-state index contributed by atoms with van der Waals surface area (Å²) < 4.78 is 11.1. The van der Waals surface area contributed by atoms with Crippen molar-refractivity contribution in [1.82, 2.24) is 9.97 Å². The summed E-state index contributed by atoms with van der Waals surface area (Å²) in [6.07, 6.45) is 3.43. The van der Waals surface area contributed by atoms with Gasteiger partial charge in [-0.05, 0) is 37.8 Å². The zero-order valence-electron chi connectivity index (χ0n) is 9.78. The standard InChI is InChI=1S/C11H16ClN3O2/c1-7-9(13)10(15-11(12)14-7)17-6-8-4-2-3-5-16-8/h8H,2-6,13H2,1H3. The number of halogens is 1. The van der Waals surface area contributed by atoms with Crippen molar-refractivity contribution >= 4 is 17.3 Å². The molecule has 17 heavy (non-hydrogen) atoms. The van der Waals surface area contributed by atoms with E-state index >= 15 is 0 Å². The van der Waals surface area contributed by atoms with Gasteiger partial charge in [0, 0.05) is 6.61 Å². The molecule has 0 radical (unpaired) electrons. The van der Waals surface area contributed by atoms with Crippen LogP contribution in [0.2, 0.25) is 5.28 Å². The molecule has 0 amide bonds. The molecular formula is C11H16ClN3O2. The van der Waals surface area contributed by atoms with Crippen LogP contribution in [-0.4, -0.2) is 29.3 Å². The van der Waals surface area contributed by atoms with E-state index in [2.05, 4.69) is 9.97 Å². The lowest BCUT2D eigenvalue weighted by Crippen LogP contribution is -2.26. The number of hydrogen-bond acceptors (Lipinski definition) is 5. The van der Waals surface area contributed by atoms with Gasteiger partial charge in [-0.2, -0.15) is 4.98 Å². The number of rotatable bonds is 3. The second kappa shape index (κ2) is 5.51. The van der Waals surface area contributed by atoms with E-state index < -0.39 is 0 Å². The fourth-order valence-corrected chi connectivity index (χ4v) is 1.95. The second-order valence-electron chi connectivity index (χ2n) is 4.10. The molecule has 94 valence electrons. The molecule has 1 unspecified atom stereocenters. The molecule has 0 bridgehead atoms. The molecule has 2 heterocycles. The Labute approximate surface area is 105 Å². The van der Waals surface area contributed by atoms with Crippen molar-refractivity contribution in [2.45, 2.75) is 32.3 Å². The van der Waals surface area contributed by atoms with Crippen LogP contribution >= 0.6 is 11.6 Å². The molecule has 0 spiro atoms. The van der Waals surface area contributed by atoms with Crippen molar-refractivity contribution in [2.24, 2.45) is 0 Å². The third-order valence-electron chi connectivity index (χ3n) is 2.75. The first kappa shape index (κ1) is 12.4. The highest BCUT2D eigenvalue weighted by Gasteiger charge is 2.16. The van der Waals surface area contributed by atoms with Crippen molar-refractivity contribution in [2.75, 3.05) is 18.9 Å². The van der Waals surface area contributed by atoms with Gasteiger partial charge in [0.25, 0.3) is 0 Å². The Balaban J connectivity index is 1.98. The number of anilines is 1. The minimum Gasteiger partial charge on any atom is -0.473 e. The van der Waals surface area contributed by atoms with E-state index in [9.17, 15) is 0 Å². The number of ether oxygens (including phenoxy) is 2. The molecule has 2 rings (SSSR count). The van der Waals surface area contributed by atoms with Gasteiger partial charge in [0.05, 0.1) is 11.8 Å². The fourth-order valence-electron chi connectivity index (χ4n) is 1.74. The van der Waals surface area contributed by atoms with Crippen LogP contribution in [-0.2, 0) is 4.74 Å². The van der Waals surface area contributed by atoms with Gasteiger partial charge in [-0.15, -0.1) is 0 Å². The lowest BCUT2D eigenvalue weighted by molar-refractivity contribution is -0.0118. The Hall–Kier alpha value is -1.07. The Morgan fingerprint density at radius 1 is 1.47 bits per heavy atom. The summed E-state index contributed by atoms with van der Waals surface area (Å²) in [5.41, 5.74) is 6.88. The molecule has 0 aromatic carbocycles. The molecule has 1 aromatic rings. The van der Waals surface area contributed by atoms with Crippen molar-refractivity contribution in [1.29, 1.82) is 0 Å². The molecule has 0 aliphatic carbocycles. The highest BCUT2D eigenvalue weighted by atomic mass is 35.5. The van der Waals surface area contributed by atoms with Gasteiger partial charge in [0.2, 0.25) is 11.2 Å². The van der Waals surface area contributed by atoms with Gasteiger partial charge in [0.15, 0.2) is 0 Å². The minimum absolute atomic E-state index is 0.122. The lowest BCUT2D eigenvalue weighted by atomic mass is 10.1. The number of nitrogens with two attached hydrogens (primary N) is 1. The Kier molecular flexibility index (Phi) is 4.02. The van der Waals surface area contributed by atoms with E-state index in [0.29, 0.717) is 23.9 Å². The minimum atomic E-state index is 0.122. The number of aromatic nitrogens is 2. The van der Waals surface area contributed by atoms with E-state index in [0.717, 1.165) is 19.4 Å². The molecule has 0 saturated carbocycles. The molecule has 5 nitrogen and oxygen atoms in total. The maximum absolute atomic E-state index is 5.82. The van der Waals surface area contributed by atoms with Crippen LogP contribution in [0.5, 0.6) is 5.88 Å².